The van der Waals surface area contributed by atoms with E-state index in [9.17, 15) is 4.39 Å². The summed E-state index contributed by atoms with van der Waals surface area (Å²) in [7, 11) is 0. The summed E-state index contributed by atoms with van der Waals surface area (Å²) in [6.07, 6.45) is 1.12. The topological polar surface area (TPSA) is 83.8 Å². The van der Waals surface area contributed by atoms with Gasteiger partial charge in [0.15, 0.2) is 11.6 Å². The van der Waals surface area contributed by atoms with Gasteiger partial charge in [-0.25, -0.2) is 24.3 Å². The fraction of sp³-hybridized carbons (Fsp3) is 0.167. The SMILES string of the molecule is Cc1nc(CO)cc(Nc2ncc(F)c3ncsc23)n1. The van der Waals surface area contributed by atoms with Crippen LogP contribution in [0.5, 0.6) is 0 Å². The zero-order valence-electron chi connectivity index (χ0n) is 10.5. The molecule has 0 unspecified atom stereocenters. The number of pyridine rings is 1. The Kier molecular flexibility index (Phi) is 3.25. The van der Waals surface area contributed by atoms with Crippen LogP contribution in [0.1, 0.15) is 11.5 Å². The van der Waals surface area contributed by atoms with E-state index in [1.54, 1.807) is 18.5 Å². The van der Waals surface area contributed by atoms with E-state index in [2.05, 4.69) is 25.3 Å². The number of anilines is 2. The predicted molar refractivity (Wildman–Crippen MR) is 73.3 cm³/mol. The zero-order chi connectivity index (χ0) is 14.1. The highest BCUT2D eigenvalue weighted by Crippen LogP contribution is 2.28. The third-order valence-electron chi connectivity index (χ3n) is 2.62. The normalized spacial score (nSPS) is 10.9. The van der Waals surface area contributed by atoms with E-state index in [0.29, 0.717) is 27.9 Å². The molecule has 102 valence electrons. The van der Waals surface area contributed by atoms with Crippen LogP contribution >= 0.6 is 11.3 Å². The molecule has 3 aromatic heterocycles. The Morgan fingerprint density at radius 2 is 2.20 bits per heavy atom. The number of thiazole rings is 1. The van der Waals surface area contributed by atoms with Crippen LogP contribution in [-0.2, 0) is 6.61 Å². The van der Waals surface area contributed by atoms with Gasteiger partial charge in [-0.2, -0.15) is 0 Å². The Balaban J connectivity index is 2.03. The average molecular weight is 291 g/mol. The van der Waals surface area contributed by atoms with Gasteiger partial charge in [0.2, 0.25) is 0 Å². The van der Waals surface area contributed by atoms with Crippen molar-refractivity contribution in [2.75, 3.05) is 5.32 Å². The number of fused-ring (bicyclic) bond motifs is 1. The highest BCUT2D eigenvalue weighted by molar-refractivity contribution is 7.17. The van der Waals surface area contributed by atoms with Crippen LogP contribution in [0.4, 0.5) is 16.0 Å². The summed E-state index contributed by atoms with van der Waals surface area (Å²) < 4.78 is 14.1. The van der Waals surface area contributed by atoms with Crippen LogP contribution in [0, 0.1) is 12.7 Å². The van der Waals surface area contributed by atoms with E-state index in [4.69, 9.17) is 5.11 Å². The fourth-order valence-electron chi connectivity index (χ4n) is 1.81. The van der Waals surface area contributed by atoms with Gasteiger partial charge in [-0.15, -0.1) is 11.3 Å². The molecule has 8 heteroatoms. The number of rotatable bonds is 3. The van der Waals surface area contributed by atoms with Gasteiger partial charge in [0.05, 0.1) is 24.0 Å². The molecule has 3 aromatic rings. The molecule has 0 saturated carbocycles. The number of aliphatic hydroxyl groups is 1. The van der Waals surface area contributed by atoms with E-state index in [1.807, 2.05) is 0 Å². The van der Waals surface area contributed by atoms with Crippen molar-refractivity contribution in [1.82, 2.24) is 19.9 Å². The van der Waals surface area contributed by atoms with Crippen LogP contribution in [0.25, 0.3) is 10.2 Å². The van der Waals surface area contributed by atoms with Crippen molar-refractivity contribution >= 4 is 33.2 Å². The standard InChI is InChI=1S/C12H10FN5OS/c1-6-16-7(4-19)2-9(17-6)18-12-11-10(15-5-20-11)8(13)3-14-12/h2-3,5,19H,4H2,1H3,(H,14,16,17,18). The third kappa shape index (κ3) is 2.30. The number of nitrogens with zero attached hydrogens (tertiary/aromatic N) is 4. The summed E-state index contributed by atoms with van der Waals surface area (Å²) in [5.41, 5.74) is 2.34. The minimum Gasteiger partial charge on any atom is -0.390 e. The molecule has 0 saturated heterocycles. The average Bonchev–Trinajstić information content (AvgIpc) is 2.92. The van der Waals surface area contributed by atoms with E-state index in [-0.39, 0.29) is 12.1 Å². The van der Waals surface area contributed by atoms with E-state index >= 15 is 0 Å². The maximum absolute atomic E-state index is 13.5. The van der Waals surface area contributed by atoms with Gasteiger partial charge in [-0.05, 0) is 6.92 Å². The number of hydrogen-bond donors (Lipinski definition) is 2. The van der Waals surface area contributed by atoms with Gasteiger partial charge in [-0.3, -0.25) is 0 Å². The first-order chi connectivity index (χ1) is 9.67. The Hall–Kier alpha value is -2.19. The van der Waals surface area contributed by atoms with Gasteiger partial charge in [0.1, 0.15) is 21.9 Å². The lowest BCUT2D eigenvalue weighted by Crippen LogP contribution is -2.02. The first-order valence-electron chi connectivity index (χ1n) is 5.77. The second-order valence-corrected chi connectivity index (χ2v) is 4.91. The van der Waals surface area contributed by atoms with Crippen molar-refractivity contribution in [1.29, 1.82) is 0 Å². The molecule has 20 heavy (non-hydrogen) atoms. The summed E-state index contributed by atoms with van der Waals surface area (Å²) >= 11 is 1.29. The fourth-order valence-corrected chi connectivity index (χ4v) is 2.55. The Bertz CT molecular complexity index is 776. The van der Waals surface area contributed by atoms with Crippen LogP contribution in [0.3, 0.4) is 0 Å². The highest BCUT2D eigenvalue weighted by Gasteiger charge is 2.11. The molecule has 3 heterocycles. The first-order valence-corrected chi connectivity index (χ1v) is 6.65. The molecule has 0 radical (unpaired) electrons. The lowest BCUT2D eigenvalue weighted by Gasteiger charge is -2.07. The van der Waals surface area contributed by atoms with E-state index in [0.717, 1.165) is 6.20 Å². The molecule has 0 atom stereocenters. The molecule has 0 bridgehead atoms. The van der Waals surface area contributed by atoms with Crippen molar-refractivity contribution in [3.05, 3.63) is 35.1 Å². The number of aliphatic hydroxyl groups excluding tert-OH is 1. The second-order valence-electron chi connectivity index (χ2n) is 4.06. The van der Waals surface area contributed by atoms with Crippen LogP contribution < -0.4 is 5.32 Å². The first kappa shape index (κ1) is 12.8. The summed E-state index contributed by atoms with van der Waals surface area (Å²) in [6.45, 7) is 1.55. The van der Waals surface area contributed by atoms with Crippen molar-refractivity contribution in [3.8, 4) is 0 Å². The molecular weight excluding hydrogens is 281 g/mol. The number of nitrogens with one attached hydrogen (secondary N) is 1. The summed E-state index contributed by atoms with van der Waals surface area (Å²) in [6, 6.07) is 1.62. The van der Waals surface area contributed by atoms with Crippen LogP contribution in [-0.4, -0.2) is 25.0 Å². The Morgan fingerprint density at radius 1 is 1.35 bits per heavy atom. The van der Waals surface area contributed by atoms with Crippen molar-refractivity contribution < 1.29 is 9.50 Å². The van der Waals surface area contributed by atoms with Crippen LogP contribution in [0.15, 0.2) is 17.8 Å². The molecule has 0 aliphatic carbocycles. The molecule has 0 aromatic carbocycles. The second kappa shape index (κ2) is 5.06. The Morgan fingerprint density at radius 3 is 3.00 bits per heavy atom. The van der Waals surface area contributed by atoms with E-state index < -0.39 is 5.82 Å². The van der Waals surface area contributed by atoms with Crippen molar-refractivity contribution in [3.63, 3.8) is 0 Å². The molecule has 2 N–H and O–H groups in total. The Labute approximate surface area is 117 Å². The molecular formula is C12H10FN5OS. The zero-order valence-corrected chi connectivity index (χ0v) is 11.3. The molecule has 6 nitrogen and oxygen atoms in total. The highest BCUT2D eigenvalue weighted by atomic mass is 32.1. The number of halogens is 1. The van der Waals surface area contributed by atoms with Gasteiger partial charge in [0.25, 0.3) is 0 Å². The largest absolute Gasteiger partial charge is 0.390 e. The lowest BCUT2D eigenvalue weighted by atomic mass is 10.3. The van der Waals surface area contributed by atoms with Gasteiger partial charge < -0.3 is 10.4 Å². The maximum atomic E-state index is 13.5. The summed E-state index contributed by atoms with van der Waals surface area (Å²) in [4.78, 5) is 16.3. The van der Waals surface area contributed by atoms with Crippen LogP contribution in [0.2, 0.25) is 0 Å². The molecule has 0 aliphatic rings. The lowest BCUT2D eigenvalue weighted by molar-refractivity contribution is 0.276. The predicted octanol–water partition coefficient (Wildman–Crippen LogP) is 2.16. The van der Waals surface area contributed by atoms with E-state index in [1.165, 1.54) is 11.3 Å². The number of aryl methyl sites for hydroxylation is 1. The van der Waals surface area contributed by atoms with Gasteiger partial charge in [0, 0.05) is 6.07 Å². The molecule has 0 amide bonds. The molecule has 0 aliphatic heterocycles. The van der Waals surface area contributed by atoms with Crippen molar-refractivity contribution in [2.24, 2.45) is 0 Å². The van der Waals surface area contributed by atoms with Crippen molar-refractivity contribution in [2.45, 2.75) is 13.5 Å². The minimum atomic E-state index is -0.457. The quantitative estimate of drug-likeness (QED) is 0.769. The smallest absolute Gasteiger partial charge is 0.168 e. The monoisotopic (exact) mass is 291 g/mol. The van der Waals surface area contributed by atoms with Gasteiger partial charge >= 0.3 is 0 Å². The molecule has 0 spiro atoms. The maximum Gasteiger partial charge on any atom is 0.168 e. The third-order valence-corrected chi connectivity index (χ3v) is 3.45. The minimum absolute atomic E-state index is 0.176. The molecule has 3 rings (SSSR count). The number of aromatic nitrogens is 4. The molecule has 0 fully saturated rings. The van der Waals surface area contributed by atoms with Gasteiger partial charge in [-0.1, -0.05) is 0 Å². The number of hydrogen-bond acceptors (Lipinski definition) is 7. The summed E-state index contributed by atoms with van der Waals surface area (Å²) in [5, 5.41) is 12.1. The summed E-state index contributed by atoms with van der Waals surface area (Å²) in [5.74, 6) is 1.05.